The van der Waals surface area contributed by atoms with Crippen molar-refractivity contribution in [3.63, 3.8) is 0 Å². The van der Waals surface area contributed by atoms with Crippen LogP contribution in [0.15, 0.2) is 58.3 Å². The Hall–Kier alpha value is -2.53. The number of anilines is 1. The highest BCUT2D eigenvalue weighted by Crippen LogP contribution is 2.38. The largest absolute Gasteiger partial charge is 0.349 e. The molecule has 0 bridgehead atoms. The van der Waals surface area contributed by atoms with Crippen molar-refractivity contribution in [2.24, 2.45) is 0 Å². The molecule has 4 nitrogen and oxygen atoms in total. The molecule has 138 valence electrons. The molecule has 2 aliphatic rings. The average molecular weight is 378 g/mol. The molecule has 0 atom stereocenters. The normalized spacial score (nSPS) is 18.7. The van der Waals surface area contributed by atoms with Crippen LogP contribution < -0.4 is 10.6 Å². The van der Waals surface area contributed by atoms with E-state index in [0.29, 0.717) is 16.5 Å². The molecule has 0 saturated heterocycles. The van der Waals surface area contributed by atoms with Crippen molar-refractivity contribution in [2.75, 3.05) is 5.32 Å². The number of hydrogen-bond donors (Lipinski definition) is 2. The fourth-order valence-corrected chi connectivity index (χ4v) is 4.45. The van der Waals surface area contributed by atoms with Gasteiger partial charge in [0.2, 0.25) is 0 Å². The lowest BCUT2D eigenvalue weighted by Crippen LogP contribution is -2.36. The van der Waals surface area contributed by atoms with E-state index in [-0.39, 0.29) is 11.8 Å². The summed E-state index contributed by atoms with van der Waals surface area (Å²) in [6.45, 7) is 0. The Kier molecular flexibility index (Phi) is 5.30. The van der Waals surface area contributed by atoms with Crippen molar-refractivity contribution in [1.29, 1.82) is 0 Å². The van der Waals surface area contributed by atoms with Crippen molar-refractivity contribution in [2.45, 2.75) is 43.0 Å². The fraction of sp³-hybridized carbons (Fsp3) is 0.273. The molecule has 2 N–H and O–H groups in total. The van der Waals surface area contributed by atoms with Crippen LogP contribution in [0, 0.1) is 0 Å². The third kappa shape index (κ3) is 4.25. The summed E-state index contributed by atoms with van der Waals surface area (Å²) in [7, 11) is 0. The van der Waals surface area contributed by atoms with Gasteiger partial charge in [-0.2, -0.15) is 0 Å². The summed E-state index contributed by atoms with van der Waals surface area (Å²) in [4.78, 5) is 26.4. The number of fused-ring (bicyclic) bond motifs is 1. The highest BCUT2D eigenvalue weighted by molar-refractivity contribution is 8.04. The molecular formula is C22H22N2O2S. The van der Waals surface area contributed by atoms with Crippen LogP contribution in [0.5, 0.6) is 0 Å². The van der Waals surface area contributed by atoms with Gasteiger partial charge in [0.25, 0.3) is 11.8 Å². The summed E-state index contributed by atoms with van der Waals surface area (Å²) in [5.41, 5.74) is 2.41. The van der Waals surface area contributed by atoms with E-state index in [9.17, 15) is 9.59 Å². The zero-order valence-electron chi connectivity index (χ0n) is 15.0. The highest BCUT2D eigenvalue weighted by Gasteiger charge is 2.20. The van der Waals surface area contributed by atoms with E-state index >= 15 is 0 Å². The van der Waals surface area contributed by atoms with Gasteiger partial charge in [-0.25, -0.2) is 0 Å². The summed E-state index contributed by atoms with van der Waals surface area (Å²) in [5, 5.41) is 6.04. The van der Waals surface area contributed by atoms with Gasteiger partial charge in [0, 0.05) is 16.5 Å². The Labute approximate surface area is 163 Å². The van der Waals surface area contributed by atoms with Gasteiger partial charge in [-0.1, -0.05) is 55.3 Å². The first-order chi connectivity index (χ1) is 13.2. The molecule has 0 radical (unpaired) electrons. The SMILES string of the molecule is O=C1Nc2ccccc2SC1=Cc1ccc(C(=O)NC2CCCCC2)cc1. The van der Waals surface area contributed by atoms with Gasteiger partial charge in [-0.05, 0) is 48.7 Å². The van der Waals surface area contributed by atoms with Crippen LogP contribution in [0.1, 0.15) is 48.0 Å². The second-order valence-electron chi connectivity index (χ2n) is 6.99. The first-order valence-electron chi connectivity index (χ1n) is 9.40. The van der Waals surface area contributed by atoms with E-state index < -0.39 is 0 Å². The van der Waals surface area contributed by atoms with Gasteiger partial charge < -0.3 is 10.6 Å². The van der Waals surface area contributed by atoms with Crippen LogP contribution in [0.25, 0.3) is 6.08 Å². The van der Waals surface area contributed by atoms with E-state index in [2.05, 4.69) is 10.6 Å². The van der Waals surface area contributed by atoms with Crippen LogP contribution in [-0.2, 0) is 4.79 Å². The molecule has 1 heterocycles. The van der Waals surface area contributed by atoms with Gasteiger partial charge >= 0.3 is 0 Å². The van der Waals surface area contributed by atoms with Crippen molar-refractivity contribution in [3.05, 3.63) is 64.6 Å². The molecule has 0 spiro atoms. The lowest BCUT2D eigenvalue weighted by Gasteiger charge is -2.22. The van der Waals surface area contributed by atoms with Crippen LogP contribution in [0.3, 0.4) is 0 Å². The second kappa shape index (κ2) is 8.01. The number of carbonyl (C=O) groups excluding carboxylic acids is 2. The van der Waals surface area contributed by atoms with E-state index in [0.717, 1.165) is 29.0 Å². The zero-order chi connectivity index (χ0) is 18.6. The van der Waals surface area contributed by atoms with E-state index in [1.54, 1.807) is 0 Å². The minimum absolute atomic E-state index is 0.0141. The zero-order valence-corrected chi connectivity index (χ0v) is 15.9. The predicted octanol–water partition coefficient (Wildman–Crippen LogP) is 4.83. The Bertz CT molecular complexity index is 883. The molecule has 5 heteroatoms. The average Bonchev–Trinajstić information content (AvgIpc) is 2.70. The maximum atomic E-state index is 12.4. The van der Waals surface area contributed by atoms with Gasteiger partial charge in [0.05, 0.1) is 10.6 Å². The molecule has 0 unspecified atom stereocenters. The Morgan fingerprint density at radius 2 is 1.78 bits per heavy atom. The number of nitrogens with one attached hydrogen (secondary N) is 2. The summed E-state index contributed by atoms with van der Waals surface area (Å²) in [5.74, 6) is -0.113. The predicted molar refractivity (Wildman–Crippen MR) is 110 cm³/mol. The second-order valence-corrected chi connectivity index (χ2v) is 8.08. The number of para-hydroxylation sites is 1. The van der Waals surface area contributed by atoms with Crippen molar-refractivity contribution >= 4 is 35.3 Å². The maximum absolute atomic E-state index is 12.4. The number of hydrogen-bond acceptors (Lipinski definition) is 3. The molecule has 2 aromatic carbocycles. The third-order valence-electron chi connectivity index (χ3n) is 4.99. The van der Waals surface area contributed by atoms with Crippen LogP contribution in [0.2, 0.25) is 0 Å². The van der Waals surface area contributed by atoms with Gasteiger partial charge in [0.15, 0.2) is 0 Å². The molecule has 1 aliphatic carbocycles. The van der Waals surface area contributed by atoms with E-state index in [4.69, 9.17) is 0 Å². The molecule has 1 fully saturated rings. The van der Waals surface area contributed by atoms with Gasteiger partial charge in [0.1, 0.15) is 0 Å². The molecule has 4 rings (SSSR count). The Morgan fingerprint density at radius 3 is 2.56 bits per heavy atom. The molecular weight excluding hydrogens is 356 g/mol. The molecule has 1 saturated carbocycles. The topological polar surface area (TPSA) is 58.2 Å². The number of carbonyl (C=O) groups is 2. The minimum atomic E-state index is -0.0992. The highest BCUT2D eigenvalue weighted by atomic mass is 32.2. The molecule has 2 amide bonds. The molecule has 27 heavy (non-hydrogen) atoms. The standard InChI is InChI=1S/C22H22N2O2S/c25-21(23-17-6-2-1-3-7-17)16-12-10-15(11-13-16)14-20-22(26)24-18-8-4-5-9-19(18)27-20/h4-5,8-14,17H,1-3,6-7H2,(H,23,25)(H,24,26). The van der Waals surface area contributed by atoms with E-state index in [1.165, 1.54) is 31.0 Å². The monoisotopic (exact) mass is 378 g/mol. The summed E-state index contributed by atoms with van der Waals surface area (Å²) < 4.78 is 0. The molecule has 2 aromatic rings. The van der Waals surface area contributed by atoms with Crippen LogP contribution in [0.4, 0.5) is 5.69 Å². The number of rotatable bonds is 3. The Balaban J connectivity index is 1.45. The molecule has 0 aromatic heterocycles. The summed E-state index contributed by atoms with van der Waals surface area (Å²) in [6, 6.07) is 15.5. The lowest BCUT2D eigenvalue weighted by atomic mass is 9.95. The Morgan fingerprint density at radius 1 is 1.04 bits per heavy atom. The molecule has 1 aliphatic heterocycles. The van der Waals surface area contributed by atoms with Gasteiger partial charge in [-0.15, -0.1) is 0 Å². The summed E-state index contributed by atoms with van der Waals surface area (Å²) in [6.07, 6.45) is 7.67. The van der Waals surface area contributed by atoms with Crippen LogP contribution >= 0.6 is 11.8 Å². The first-order valence-corrected chi connectivity index (χ1v) is 10.2. The summed E-state index contributed by atoms with van der Waals surface area (Å²) >= 11 is 1.46. The first kappa shape index (κ1) is 17.9. The van der Waals surface area contributed by atoms with E-state index in [1.807, 2.05) is 54.6 Å². The van der Waals surface area contributed by atoms with Crippen molar-refractivity contribution in [1.82, 2.24) is 5.32 Å². The smallest absolute Gasteiger partial charge is 0.262 e. The quantitative estimate of drug-likeness (QED) is 0.752. The minimum Gasteiger partial charge on any atom is -0.349 e. The van der Waals surface area contributed by atoms with Crippen molar-refractivity contribution in [3.8, 4) is 0 Å². The van der Waals surface area contributed by atoms with Crippen LogP contribution in [-0.4, -0.2) is 17.9 Å². The lowest BCUT2D eigenvalue weighted by molar-refractivity contribution is -0.112. The maximum Gasteiger partial charge on any atom is 0.262 e. The number of thioether (sulfide) groups is 1. The number of amides is 2. The fourth-order valence-electron chi connectivity index (χ4n) is 3.50. The van der Waals surface area contributed by atoms with Gasteiger partial charge in [-0.3, -0.25) is 9.59 Å². The third-order valence-corrected chi connectivity index (χ3v) is 6.09. The number of benzene rings is 2. The van der Waals surface area contributed by atoms with Crippen molar-refractivity contribution < 1.29 is 9.59 Å².